The van der Waals surface area contributed by atoms with E-state index >= 15 is 0 Å². The topological polar surface area (TPSA) is 49.8 Å². The maximum atomic E-state index is 10.7. The van der Waals surface area contributed by atoms with Crippen LogP contribution < -0.4 is 4.90 Å². The van der Waals surface area contributed by atoms with Gasteiger partial charge in [0, 0.05) is 18.3 Å². The van der Waals surface area contributed by atoms with Crippen molar-refractivity contribution in [2.45, 2.75) is 19.4 Å². The van der Waals surface area contributed by atoms with Crippen molar-refractivity contribution in [3.63, 3.8) is 0 Å². The van der Waals surface area contributed by atoms with Crippen molar-refractivity contribution in [2.75, 3.05) is 24.7 Å². The van der Waals surface area contributed by atoms with Gasteiger partial charge >= 0.3 is 5.97 Å². The van der Waals surface area contributed by atoms with Gasteiger partial charge in [0.25, 0.3) is 0 Å². The zero-order chi connectivity index (χ0) is 13.9. The predicted octanol–water partition coefficient (Wildman–Crippen LogP) is 2.40. The summed E-state index contributed by atoms with van der Waals surface area (Å²) in [6, 6.07) is 7.84. The number of benzene rings is 1. The van der Waals surface area contributed by atoms with E-state index in [1.807, 2.05) is 24.3 Å². The lowest BCUT2D eigenvalue weighted by Crippen LogP contribution is -2.53. The molecule has 19 heavy (non-hydrogen) atoms. The Kier molecular flexibility index (Phi) is 3.90. The number of carboxylic acid groups (broad SMARTS) is 1. The van der Waals surface area contributed by atoms with Gasteiger partial charge in [-0.3, -0.25) is 0 Å². The number of carboxylic acids is 1. The average molecular weight is 261 g/mol. The SMILES string of the molecule is CC1(C)COCCN1c1ccccc1C=CC(=O)O. The molecule has 0 aromatic heterocycles. The lowest BCUT2D eigenvalue weighted by Gasteiger charge is -2.44. The highest BCUT2D eigenvalue weighted by Gasteiger charge is 2.31. The van der Waals surface area contributed by atoms with Crippen molar-refractivity contribution in [1.82, 2.24) is 0 Å². The molecule has 0 aliphatic carbocycles. The van der Waals surface area contributed by atoms with Crippen molar-refractivity contribution in [1.29, 1.82) is 0 Å². The second-order valence-corrected chi connectivity index (χ2v) is 5.25. The molecule has 1 aromatic rings. The predicted molar refractivity (Wildman–Crippen MR) is 75.4 cm³/mol. The molecule has 0 unspecified atom stereocenters. The Labute approximate surface area is 113 Å². The third kappa shape index (κ3) is 3.15. The number of carbonyl (C=O) groups is 1. The van der Waals surface area contributed by atoms with E-state index in [0.717, 1.165) is 17.8 Å². The Morgan fingerprint density at radius 3 is 2.84 bits per heavy atom. The summed E-state index contributed by atoms with van der Waals surface area (Å²) in [6.45, 7) is 6.43. The quantitative estimate of drug-likeness (QED) is 0.849. The number of para-hydroxylation sites is 1. The van der Waals surface area contributed by atoms with Gasteiger partial charge in [-0.05, 0) is 31.6 Å². The normalized spacial score (nSPS) is 18.7. The molecule has 0 saturated carbocycles. The van der Waals surface area contributed by atoms with Crippen LogP contribution in [0.2, 0.25) is 0 Å². The van der Waals surface area contributed by atoms with Crippen LogP contribution in [0.1, 0.15) is 19.4 Å². The molecular formula is C15H19NO3. The second kappa shape index (κ2) is 5.45. The fourth-order valence-corrected chi connectivity index (χ4v) is 2.34. The van der Waals surface area contributed by atoms with E-state index in [0.29, 0.717) is 13.2 Å². The van der Waals surface area contributed by atoms with Gasteiger partial charge in [-0.2, -0.15) is 0 Å². The van der Waals surface area contributed by atoms with Crippen molar-refractivity contribution >= 4 is 17.7 Å². The summed E-state index contributed by atoms with van der Waals surface area (Å²) in [6.07, 6.45) is 2.81. The monoisotopic (exact) mass is 261 g/mol. The molecule has 4 nitrogen and oxygen atoms in total. The van der Waals surface area contributed by atoms with Gasteiger partial charge < -0.3 is 14.7 Å². The molecule has 1 aliphatic heterocycles. The summed E-state index contributed by atoms with van der Waals surface area (Å²) in [4.78, 5) is 12.9. The lowest BCUT2D eigenvalue weighted by atomic mass is 9.99. The minimum absolute atomic E-state index is 0.0918. The molecule has 1 aromatic carbocycles. The van der Waals surface area contributed by atoms with Gasteiger partial charge in [0.1, 0.15) is 0 Å². The summed E-state index contributed by atoms with van der Waals surface area (Å²) in [5.74, 6) is -0.934. The van der Waals surface area contributed by atoms with Gasteiger partial charge in [-0.1, -0.05) is 18.2 Å². The number of aliphatic carboxylic acids is 1. The second-order valence-electron chi connectivity index (χ2n) is 5.25. The minimum atomic E-state index is -0.934. The Bertz CT molecular complexity index is 494. The zero-order valence-corrected chi connectivity index (χ0v) is 11.3. The van der Waals surface area contributed by atoms with Gasteiger partial charge in [0.05, 0.1) is 18.8 Å². The third-order valence-electron chi connectivity index (χ3n) is 3.28. The van der Waals surface area contributed by atoms with Gasteiger partial charge in [-0.15, -0.1) is 0 Å². The molecule has 1 fully saturated rings. The van der Waals surface area contributed by atoms with Crippen molar-refractivity contribution in [3.05, 3.63) is 35.9 Å². The molecule has 0 atom stereocenters. The van der Waals surface area contributed by atoms with E-state index < -0.39 is 5.97 Å². The first-order chi connectivity index (χ1) is 9.00. The number of nitrogens with zero attached hydrogens (tertiary/aromatic N) is 1. The Morgan fingerprint density at radius 2 is 2.16 bits per heavy atom. The molecule has 2 rings (SSSR count). The molecule has 1 heterocycles. The highest BCUT2D eigenvalue weighted by Crippen LogP contribution is 2.30. The number of morpholine rings is 1. The number of hydrogen-bond acceptors (Lipinski definition) is 3. The van der Waals surface area contributed by atoms with Crippen LogP contribution in [0.25, 0.3) is 6.08 Å². The molecule has 1 saturated heterocycles. The van der Waals surface area contributed by atoms with Crippen LogP contribution in [-0.4, -0.2) is 36.4 Å². The molecule has 1 N–H and O–H groups in total. The van der Waals surface area contributed by atoms with Crippen molar-refractivity contribution in [3.8, 4) is 0 Å². The van der Waals surface area contributed by atoms with Crippen LogP contribution in [0.15, 0.2) is 30.3 Å². The van der Waals surface area contributed by atoms with Crippen LogP contribution in [-0.2, 0) is 9.53 Å². The van der Waals surface area contributed by atoms with Crippen LogP contribution in [0.4, 0.5) is 5.69 Å². The summed E-state index contributed by atoms with van der Waals surface area (Å²) < 4.78 is 5.52. The Balaban J connectivity index is 2.36. The summed E-state index contributed by atoms with van der Waals surface area (Å²) in [5, 5.41) is 8.76. The van der Waals surface area contributed by atoms with Crippen LogP contribution in [0.3, 0.4) is 0 Å². The summed E-state index contributed by atoms with van der Waals surface area (Å²) in [7, 11) is 0. The molecule has 102 valence electrons. The van der Waals surface area contributed by atoms with Crippen molar-refractivity contribution in [2.24, 2.45) is 0 Å². The van der Waals surface area contributed by atoms with Gasteiger partial charge in [-0.25, -0.2) is 4.79 Å². The molecule has 0 spiro atoms. The molecule has 0 radical (unpaired) electrons. The van der Waals surface area contributed by atoms with E-state index in [1.165, 1.54) is 6.08 Å². The highest BCUT2D eigenvalue weighted by molar-refractivity contribution is 5.87. The number of ether oxygens (including phenoxy) is 1. The van der Waals surface area contributed by atoms with Crippen molar-refractivity contribution < 1.29 is 14.6 Å². The smallest absolute Gasteiger partial charge is 0.328 e. The Morgan fingerprint density at radius 1 is 1.42 bits per heavy atom. The molecule has 4 heteroatoms. The standard InChI is InChI=1S/C15H19NO3/c1-15(2)11-19-10-9-16(15)13-6-4-3-5-12(13)7-8-14(17)18/h3-8H,9-11H2,1-2H3,(H,17,18). The first-order valence-corrected chi connectivity index (χ1v) is 6.36. The van der Waals surface area contributed by atoms with E-state index in [9.17, 15) is 4.79 Å². The largest absolute Gasteiger partial charge is 0.478 e. The maximum Gasteiger partial charge on any atom is 0.328 e. The average Bonchev–Trinajstić information content (AvgIpc) is 2.36. The van der Waals surface area contributed by atoms with Crippen LogP contribution >= 0.6 is 0 Å². The fraction of sp³-hybridized carbons (Fsp3) is 0.400. The number of hydrogen-bond donors (Lipinski definition) is 1. The fourth-order valence-electron chi connectivity index (χ4n) is 2.34. The lowest BCUT2D eigenvalue weighted by molar-refractivity contribution is -0.131. The molecule has 1 aliphatic rings. The summed E-state index contributed by atoms with van der Waals surface area (Å²) in [5.41, 5.74) is 1.87. The van der Waals surface area contributed by atoms with E-state index in [2.05, 4.69) is 18.7 Å². The first-order valence-electron chi connectivity index (χ1n) is 6.36. The van der Waals surface area contributed by atoms with E-state index in [1.54, 1.807) is 6.08 Å². The first kappa shape index (κ1) is 13.6. The van der Waals surface area contributed by atoms with E-state index in [-0.39, 0.29) is 5.54 Å². The highest BCUT2D eigenvalue weighted by atomic mass is 16.5. The minimum Gasteiger partial charge on any atom is -0.478 e. The van der Waals surface area contributed by atoms with E-state index in [4.69, 9.17) is 9.84 Å². The third-order valence-corrected chi connectivity index (χ3v) is 3.28. The maximum absolute atomic E-state index is 10.7. The molecular weight excluding hydrogens is 242 g/mol. The van der Waals surface area contributed by atoms with Crippen LogP contribution in [0, 0.1) is 0 Å². The molecule has 0 bridgehead atoms. The molecule has 0 amide bonds. The number of rotatable bonds is 3. The zero-order valence-electron chi connectivity index (χ0n) is 11.3. The number of anilines is 1. The summed E-state index contributed by atoms with van der Waals surface area (Å²) >= 11 is 0. The van der Waals surface area contributed by atoms with Gasteiger partial charge in [0.15, 0.2) is 0 Å². The van der Waals surface area contributed by atoms with Crippen LogP contribution in [0.5, 0.6) is 0 Å². The Hall–Kier alpha value is -1.81. The van der Waals surface area contributed by atoms with Gasteiger partial charge in [0.2, 0.25) is 0 Å².